The maximum atomic E-state index is 14.1. The van der Waals surface area contributed by atoms with E-state index in [0.717, 1.165) is 44.3 Å². The third-order valence-corrected chi connectivity index (χ3v) is 15.0. The fourth-order valence-electron chi connectivity index (χ4n) is 7.15. The van der Waals surface area contributed by atoms with Crippen LogP contribution >= 0.6 is 23.4 Å². The van der Waals surface area contributed by atoms with Crippen molar-refractivity contribution in [2.24, 2.45) is 5.92 Å². The molecule has 5 aromatic carbocycles. The molecule has 1 aliphatic heterocycles. The largest absolute Gasteiger partial charge is 0.501 e. The number of thioether (sulfide) groups is 1. The Morgan fingerprint density at radius 1 is 0.889 bits per heavy atom. The summed E-state index contributed by atoms with van der Waals surface area (Å²) < 4.78 is 96.7. The van der Waals surface area contributed by atoms with Crippen LogP contribution in [0.15, 0.2) is 136 Å². The summed E-state index contributed by atoms with van der Waals surface area (Å²) in [6, 6.07) is 31.3. The average molecular weight is 946 g/mol. The van der Waals surface area contributed by atoms with E-state index in [2.05, 4.69) is 10.2 Å². The second-order valence-electron chi connectivity index (χ2n) is 14.9. The van der Waals surface area contributed by atoms with Gasteiger partial charge in [0.25, 0.3) is 25.8 Å². The van der Waals surface area contributed by atoms with Gasteiger partial charge in [-0.25, -0.2) is 26.4 Å². The molecule has 0 aliphatic carbocycles. The highest BCUT2D eigenvalue weighted by molar-refractivity contribution is 7.99. The van der Waals surface area contributed by atoms with Gasteiger partial charge in [0.15, 0.2) is 0 Å². The van der Waals surface area contributed by atoms with Crippen molar-refractivity contribution in [2.45, 2.75) is 51.6 Å². The standard InChI is InChI=1S/C44H44ClF3N4O8S3/c1-51(43(55)56)24-23-33(28-61-35-7-3-2-4-8-35)49-39-20-19-36(27-40(39)62(57,58)44(46,47)48)63(59,60)50-42(54)31-13-17-34(18-14-31)52-25-21-30(22-26-52)41(53)38-10-6-5-9-37(38)29-11-15-32(45)16-12-29/h2-20,27,30,33,41,49,53H,21-26,28H2,1H3,(H,50,54)(H,55,56). The van der Waals surface area contributed by atoms with Crippen molar-refractivity contribution in [3.05, 3.63) is 137 Å². The first-order valence-electron chi connectivity index (χ1n) is 19.6. The average Bonchev–Trinajstić information content (AvgIpc) is 3.27. The number of aliphatic hydroxyl groups excluding tert-OH is 1. The minimum atomic E-state index is -6.15. The van der Waals surface area contributed by atoms with E-state index in [1.54, 1.807) is 54.6 Å². The van der Waals surface area contributed by atoms with Crippen molar-refractivity contribution in [3.63, 3.8) is 0 Å². The lowest BCUT2D eigenvalue weighted by Crippen LogP contribution is -2.36. The molecule has 1 fully saturated rings. The van der Waals surface area contributed by atoms with Crippen LogP contribution in [0.4, 0.5) is 29.3 Å². The fraction of sp³-hybridized carbons (Fsp3) is 0.273. The van der Waals surface area contributed by atoms with Gasteiger partial charge in [0.1, 0.15) is 4.90 Å². The SMILES string of the molecule is CN(CCC(CSc1ccccc1)Nc1ccc(S(=O)(=O)NC(=O)c2ccc(N3CCC(C(O)c4ccccc4-c4ccc(Cl)cc4)CC3)cc2)cc1S(=O)(=O)C(F)(F)F)C(=O)O. The second-order valence-corrected chi connectivity index (χ2v) is 20.0. The molecule has 6 rings (SSSR count). The molecular formula is C44H44ClF3N4O8S3. The summed E-state index contributed by atoms with van der Waals surface area (Å²) in [6.45, 7) is 1.11. The molecule has 4 N–H and O–H groups in total. The minimum Gasteiger partial charge on any atom is -0.465 e. The van der Waals surface area contributed by atoms with E-state index in [9.17, 15) is 49.8 Å². The number of carbonyl (C=O) groups excluding carboxylic acids is 1. The van der Waals surface area contributed by atoms with Crippen molar-refractivity contribution in [2.75, 3.05) is 42.7 Å². The smallest absolute Gasteiger partial charge is 0.465 e. The van der Waals surface area contributed by atoms with Crippen molar-refractivity contribution < 1.29 is 49.8 Å². The molecule has 1 saturated heterocycles. The number of anilines is 2. The number of sulfonamides is 1. The number of hydrogen-bond acceptors (Lipinski definition) is 10. The molecule has 2 atom stereocenters. The quantitative estimate of drug-likeness (QED) is 0.0696. The van der Waals surface area contributed by atoms with E-state index in [4.69, 9.17) is 11.6 Å². The van der Waals surface area contributed by atoms with Crippen molar-refractivity contribution >= 4 is 66.6 Å². The van der Waals surface area contributed by atoms with Gasteiger partial charge in [-0.3, -0.25) is 4.79 Å². The monoisotopic (exact) mass is 944 g/mol. The molecule has 1 aliphatic rings. The van der Waals surface area contributed by atoms with Crippen LogP contribution < -0.4 is 14.9 Å². The van der Waals surface area contributed by atoms with E-state index >= 15 is 0 Å². The van der Waals surface area contributed by atoms with Gasteiger partial charge in [0, 0.05) is 59.6 Å². The predicted molar refractivity (Wildman–Crippen MR) is 237 cm³/mol. The van der Waals surface area contributed by atoms with Crippen LogP contribution in [0.2, 0.25) is 5.02 Å². The molecule has 0 bridgehead atoms. The molecule has 0 spiro atoms. The number of carboxylic acid groups (broad SMARTS) is 1. The van der Waals surface area contributed by atoms with Gasteiger partial charge >= 0.3 is 11.6 Å². The highest BCUT2D eigenvalue weighted by atomic mass is 35.5. The van der Waals surface area contributed by atoms with E-state index in [0.29, 0.717) is 37.0 Å². The highest BCUT2D eigenvalue weighted by Crippen LogP contribution is 2.39. The Hall–Kier alpha value is -5.27. The lowest BCUT2D eigenvalue weighted by molar-refractivity contribution is -0.0436. The fourth-order valence-corrected chi connectivity index (χ4v) is 10.3. The minimum absolute atomic E-state index is 0.0349. The number of sulfone groups is 1. The molecule has 0 saturated carbocycles. The summed E-state index contributed by atoms with van der Waals surface area (Å²) >= 11 is 7.37. The molecule has 63 heavy (non-hydrogen) atoms. The van der Waals surface area contributed by atoms with Gasteiger partial charge in [-0.15, -0.1) is 11.8 Å². The number of nitrogens with one attached hydrogen (secondary N) is 2. The van der Waals surface area contributed by atoms with Gasteiger partial charge in [-0.05, 0) is 109 Å². The summed E-state index contributed by atoms with van der Waals surface area (Å²) in [7, 11) is -9.78. The van der Waals surface area contributed by atoms with E-state index in [1.807, 2.05) is 41.1 Å². The molecule has 0 radical (unpaired) electrons. The van der Waals surface area contributed by atoms with Crippen LogP contribution in [0.3, 0.4) is 0 Å². The Labute approximate surface area is 373 Å². The van der Waals surface area contributed by atoms with E-state index in [-0.39, 0.29) is 30.2 Å². The topological polar surface area (TPSA) is 173 Å². The molecule has 19 heteroatoms. The number of amides is 2. The van der Waals surface area contributed by atoms with Crippen LogP contribution in [0.1, 0.15) is 41.3 Å². The number of nitrogens with zero attached hydrogens (tertiary/aromatic N) is 2. The number of halogens is 4. The van der Waals surface area contributed by atoms with Crippen LogP contribution in [-0.4, -0.2) is 87.9 Å². The lowest BCUT2D eigenvalue weighted by atomic mass is 9.84. The predicted octanol–water partition coefficient (Wildman–Crippen LogP) is 8.94. The van der Waals surface area contributed by atoms with Crippen LogP contribution in [0, 0.1) is 5.92 Å². The molecule has 2 unspecified atom stereocenters. The Morgan fingerprint density at radius 2 is 1.52 bits per heavy atom. The zero-order valence-corrected chi connectivity index (χ0v) is 36.9. The Bertz CT molecular complexity index is 2620. The summed E-state index contributed by atoms with van der Waals surface area (Å²) in [4.78, 5) is 26.2. The first kappa shape index (κ1) is 47.2. The maximum Gasteiger partial charge on any atom is 0.501 e. The van der Waals surface area contributed by atoms with Crippen LogP contribution in [0.25, 0.3) is 11.1 Å². The van der Waals surface area contributed by atoms with Crippen molar-refractivity contribution in [1.82, 2.24) is 9.62 Å². The van der Waals surface area contributed by atoms with Gasteiger partial charge < -0.3 is 25.3 Å². The lowest BCUT2D eigenvalue weighted by Gasteiger charge is -2.36. The van der Waals surface area contributed by atoms with Gasteiger partial charge in [0.2, 0.25) is 0 Å². The first-order chi connectivity index (χ1) is 29.8. The number of hydrogen-bond donors (Lipinski definition) is 4. The Morgan fingerprint density at radius 3 is 2.16 bits per heavy atom. The second kappa shape index (κ2) is 20.1. The maximum absolute atomic E-state index is 14.1. The van der Waals surface area contributed by atoms with Gasteiger partial charge in [0.05, 0.1) is 16.7 Å². The highest BCUT2D eigenvalue weighted by Gasteiger charge is 2.48. The molecule has 12 nitrogen and oxygen atoms in total. The van der Waals surface area contributed by atoms with E-state index < -0.39 is 65.0 Å². The van der Waals surface area contributed by atoms with Crippen LogP contribution in [0.5, 0.6) is 0 Å². The molecule has 0 aromatic heterocycles. The number of piperidine rings is 1. The van der Waals surface area contributed by atoms with Gasteiger partial charge in [-0.2, -0.15) is 13.2 Å². The summed E-state index contributed by atoms with van der Waals surface area (Å²) in [5.41, 5.74) is -3.07. The number of rotatable bonds is 16. The molecule has 2 amide bonds. The van der Waals surface area contributed by atoms with E-state index in [1.165, 1.54) is 30.9 Å². The normalized spacial score (nSPS) is 14.7. The number of alkyl halides is 3. The van der Waals surface area contributed by atoms with Crippen molar-refractivity contribution in [3.8, 4) is 11.1 Å². The van der Waals surface area contributed by atoms with Crippen LogP contribution in [-0.2, 0) is 19.9 Å². The molecule has 5 aromatic rings. The summed E-state index contributed by atoms with van der Waals surface area (Å²) in [5.74, 6) is -0.974. The number of benzene rings is 5. The van der Waals surface area contributed by atoms with Gasteiger partial charge in [-0.1, -0.05) is 66.2 Å². The zero-order chi connectivity index (χ0) is 45.5. The third kappa shape index (κ3) is 11.7. The van der Waals surface area contributed by atoms with Crippen molar-refractivity contribution in [1.29, 1.82) is 0 Å². The zero-order valence-electron chi connectivity index (χ0n) is 33.7. The molecule has 334 valence electrons. The number of aliphatic hydroxyl groups is 1. The summed E-state index contributed by atoms with van der Waals surface area (Å²) in [6.07, 6.45) is -0.605. The molecule has 1 heterocycles. The Balaban J connectivity index is 1.14. The number of carbonyl (C=O) groups is 2. The Kier molecular flexibility index (Phi) is 15.0. The first-order valence-corrected chi connectivity index (χ1v) is 24.0. The molecular weight excluding hydrogens is 901 g/mol. The third-order valence-electron chi connectivity index (χ3n) is 10.7. The summed E-state index contributed by atoms with van der Waals surface area (Å²) in [5, 5.41) is 24.2.